The molecule has 1 saturated heterocycles. The highest BCUT2D eigenvalue weighted by Gasteiger charge is 2.45. The van der Waals surface area contributed by atoms with Gasteiger partial charge in [-0.2, -0.15) is 26.3 Å². The first-order valence-corrected chi connectivity index (χ1v) is 12.0. The van der Waals surface area contributed by atoms with Crippen molar-refractivity contribution >= 4 is 35.3 Å². The first-order chi connectivity index (χ1) is 16.3. The van der Waals surface area contributed by atoms with Gasteiger partial charge in [-0.1, -0.05) is 23.5 Å². The van der Waals surface area contributed by atoms with Crippen LogP contribution in [-0.2, 0) is 9.59 Å². The fourth-order valence-electron chi connectivity index (χ4n) is 3.67. The van der Waals surface area contributed by atoms with Gasteiger partial charge >= 0.3 is 12.4 Å². The van der Waals surface area contributed by atoms with Crippen molar-refractivity contribution in [3.63, 3.8) is 0 Å². The third-order valence-corrected chi connectivity index (χ3v) is 7.82. The molecule has 0 unspecified atom stereocenters. The number of fused-ring (bicyclic) bond motifs is 1. The molecular weight excluding hydrogens is 522 g/mol. The van der Waals surface area contributed by atoms with E-state index < -0.39 is 62.9 Å². The number of hydrogen-bond acceptors (Lipinski definition) is 6. The lowest BCUT2D eigenvalue weighted by atomic mass is 10.2. The number of alkyl halides is 6. The van der Waals surface area contributed by atoms with E-state index in [1.165, 1.54) is 14.2 Å². The van der Waals surface area contributed by atoms with Crippen molar-refractivity contribution in [2.24, 2.45) is 0 Å². The van der Waals surface area contributed by atoms with Crippen molar-refractivity contribution in [2.45, 2.75) is 54.8 Å². The molecule has 35 heavy (non-hydrogen) atoms. The molecule has 2 amide bonds. The van der Waals surface area contributed by atoms with Gasteiger partial charge in [-0.15, -0.1) is 0 Å². The second kappa shape index (κ2) is 10.4. The monoisotopic (exact) mass is 544 g/mol. The Bertz CT molecular complexity index is 1000. The number of methoxy groups -OCH3 is 2. The predicted octanol–water partition coefficient (Wildman–Crippen LogP) is 5.69. The number of ether oxygens (including phenoxy) is 2. The first-order valence-electron chi connectivity index (χ1n) is 10.4. The van der Waals surface area contributed by atoms with Crippen molar-refractivity contribution in [3.05, 3.63) is 21.4 Å². The summed E-state index contributed by atoms with van der Waals surface area (Å²) >= 11 is 2.15. The molecule has 0 atom stereocenters. The zero-order valence-electron chi connectivity index (χ0n) is 18.9. The third-order valence-electron chi connectivity index (χ3n) is 5.21. The molecule has 0 aromatic heterocycles. The Balaban J connectivity index is 1.93. The molecule has 1 aromatic rings. The Kier molecular flexibility index (Phi) is 8.14. The van der Waals surface area contributed by atoms with Crippen LogP contribution in [0.3, 0.4) is 0 Å². The molecule has 1 fully saturated rings. The van der Waals surface area contributed by atoms with E-state index in [0.717, 1.165) is 39.1 Å². The summed E-state index contributed by atoms with van der Waals surface area (Å²) in [5.41, 5.74) is 0.450. The van der Waals surface area contributed by atoms with Crippen LogP contribution in [0.5, 0.6) is 11.5 Å². The van der Waals surface area contributed by atoms with Gasteiger partial charge in [-0.25, -0.2) is 10.0 Å². The topological polar surface area (TPSA) is 59.1 Å². The van der Waals surface area contributed by atoms with Gasteiger partial charge in [-0.3, -0.25) is 9.59 Å². The molecule has 0 spiro atoms. The Morgan fingerprint density at radius 2 is 1.31 bits per heavy atom. The number of thioether (sulfide) groups is 2. The Hall–Kier alpha value is -2.22. The van der Waals surface area contributed by atoms with Crippen molar-refractivity contribution < 1.29 is 45.4 Å². The summed E-state index contributed by atoms with van der Waals surface area (Å²) in [7, 11) is 2.91. The molecule has 0 bridgehead atoms. The van der Waals surface area contributed by atoms with Gasteiger partial charge in [0.1, 0.15) is 17.1 Å². The number of hydrazine groups is 1. The summed E-state index contributed by atoms with van der Waals surface area (Å²) < 4.78 is 86.9. The molecule has 2 aliphatic heterocycles. The average molecular weight is 545 g/mol. The summed E-state index contributed by atoms with van der Waals surface area (Å²) in [6.07, 6.45) is -12.3. The lowest BCUT2D eigenvalue weighted by Crippen LogP contribution is -2.42. The summed E-state index contributed by atoms with van der Waals surface area (Å²) in [5, 5.41) is 1.63. The summed E-state index contributed by atoms with van der Waals surface area (Å²) in [4.78, 5) is 27.5. The number of hydrogen-bond donors (Lipinski definition) is 0. The van der Waals surface area contributed by atoms with Crippen LogP contribution >= 0.6 is 23.5 Å². The molecule has 2 heterocycles. The van der Waals surface area contributed by atoms with Gasteiger partial charge in [0.2, 0.25) is 0 Å². The third kappa shape index (κ3) is 6.13. The molecule has 0 saturated carbocycles. The van der Waals surface area contributed by atoms with Crippen molar-refractivity contribution in [2.75, 3.05) is 27.3 Å². The van der Waals surface area contributed by atoms with Crippen LogP contribution in [0.4, 0.5) is 26.3 Å². The molecule has 2 aliphatic rings. The number of rotatable bonds is 8. The van der Waals surface area contributed by atoms with E-state index in [-0.39, 0.29) is 9.81 Å². The van der Waals surface area contributed by atoms with Gasteiger partial charge in [0.05, 0.1) is 28.2 Å². The summed E-state index contributed by atoms with van der Waals surface area (Å²) in [6.45, 7) is 0.871. The molecule has 3 rings (SSSR count). The van der Waals surface area contributed by atoms with Gasteiger partial charge in [-0.05, 0) is 31.4 Å². The number of carbonyl (C=O) groups excluding carboxylic acids is 2. The number of benzene rings is 1. The van der Waals surface area contributed by atoms with Crippen molar-refractivity contribution in [1.82, 2.24) is 10.0 Å². The normalized spacial score (nSPS) is 16.5. The zero-order chi connectivity index (χ0) is 26.1. The Morgan fingerprint density at radius 1 is 0.829 bits per heavy atom. The van der Waals surface area contributed by atoms with Crippen molar-refractivity contribution in [3.8, 4) is 11.5 Å². The minimum absolute atomic E-state index is 0.261. The molecule has 0 aliphatic carbocycles. The van der Waals surface area contributed by atoms with E-state index in [4.69, 9.17) is 9.47 Å². The van der Waals surface area contributed by atoms with Gasteiger partial charge in [0.25, 0.3) is 11.8 Å². The van der Waals surface area contributed by atoms with Crippen LogP contribution < -0.4 is 9.47 Å². The second-order valence-corrected chi connectivity index (χ2v) is 10.0. The fraction of sp³-hybridized carbons (Fsp3) is 0.524. The zero-order valence-corrected chi connectivity index (χ0v) is 20.6. The number of aryl methyl sites for hydroxylation is 1. The smallest absolute Gasteiger partial charge is 0.389 e. The highest BCUT2D eigenvalue weighted by Crippen LogP contribution is 2.60. The molecule has 0 N–H and O–H groups in total. The van der Waals surface area contributed by atoms with Gasteiger partial charge in [0, 0.05) is 25.9 Å². The molecule has 6 nitrogen and oxygen atoms in total. The van der Waals surface area contributed by atoms with Crippen LogP contribution in [0, 0.1) is 6.92 Å². The number of carbonyl (C=O) groups is 2. The summed E-state index contributed by atoms with van der Waals surface area (Å²) in [6, 6.07) is 1.73. The molecule has 194 valence electrons. The van der Waals surface area contributed by atoms with Crippen LogP contribution in [0.15, 0.2) is 25.7 Å². The standard InChI is InChI=1S/C21H22F6N2O4S2/c1-11-10-12(32-2)15-16(14(11)33-3)35-19(34-15)13-17(30)28(8-4-6-20(22,23)24)29(18(13)31)9-5-7-21(25,26)27/h10H,4-9H2,1-3H3. The van der Waals surface area contributed by atoms with Gasteiger partial charge in [0.15, 0.2) is 0 Å². The van der Waals surface area contributed by atoms with Crippen molar-refractivity contribution in [1.29, 1.82) is 0 Å². The number of nitrogens with zero attached hydrogens (tertiary/aromatic N) is 2. The minimum Gasteiger partial charge on any atom is -0.496 e. The van der Waals surface area contributed by atoms with Crippen LogP contribution in [0.2, 0.25) is 0 Å². The SMILES string of the molecule is COc1cc(C)c(OC)c2c1SC(=C1C(=O)N(CCCC(F)(F)F)N(CCCC(F)(F)F)C1=O)S2. The van der Waals surface area contributed by atoms with E-state index in [2.05, 4.69) is 0 Å². The molecule has 14 heteroatoms. The summed E-state index contributed by atoms with van der Waals surface area (Å²) in [5.74, 6) is -0.701. The fourth-order valence-corrected chi connectivity index (χ4v) is 6.47. The molecule has 1 aromatic carbocycles. The average Bonchev–Trinajstić information content (AvgIpc) is 3.25. The Morgan fingerprint density at radius 3 is 1.74 bits per heavy atom. The van der Waals surface area contributed by atoms with E-state index in [1.807, 2.05) is 0 Å². The van der Waals surface area contributed by atoms with E-state index in [1.54, 1.807) is 13.0 Å². The highest BCUT2D eigenvalue weighted by atomic mass is 32.2. The lowest BCUT2D eigenvalue weighted by Gasteiger charge is -2.27. The predicted molar refractivity (Wildman–Crippen MR) is 117 cm³/mol. The van der Waals surface area contributed by atoms with E-state index >= 15 is 0 Å². The maximum atomic E-state index is 13.2. The van der Waals surface area contributed by atoms with Gasteiger partial charge < -0.3 is 9.47 Å². The Labute approximate surface area is 205 Å². The minimum atomic E-state index is -4.47. The van der Waals surface area contributed by atoms with E-state index in [9.17, 15) is 35.9 Å². The second-order valence-electron chi connectivity index (χ2n) is 7.75. The first kappa shape index (κ1) is 27.4. The quantitative estimate of drug-likeness (QED) is 0.238. The number of halogens is 6. The maximum Gasteiger partial charge on any atom is 0.389 e. The van der Waals surface area contributed by atoms with Crippen LogP contribution in [0.25, 0.3) is 0 Å². The number of amides is 2. The largest absolute Gasteiger partial charge is 0.496 e. The maximum absolute atomic E-state index is 13.2. The van der Waals surface area contributed by atoms with E-state index in [0.29, 0.717) is 21.3 Å². The highest BCUT2D eigenvalue weighted by molar-refractivity contribution is 8.25. The lowest BCUT2D eigenvalue weighted by molar-refractivity contribution is -0.155. The van der Waals surface area contributed by atoms with Crippen LogP contribution in [-0.4, -0.2) is 61.5 Å². The molecular formula is C21H22F6N2O4S2. The van der Waals surface area contributed by atoms with Crippen LogP contribution in [0.1, 0.15) is 31.2 Å². The molecule has 0 radical (unpaired) electrons.